The van der Waals surface area contributed by atoms with Gasteiger partial charge in [0.2, 0.25) is 11.8 Å². The van der Waals surface area contributed by atoms with Gasteiger partial charge in [-0.1, -0.05) is 0 Å². The van der Waals surface area contributed by atoms with Crippen molar-refractivity contribution in [3.63, 3.8) is 0 Å². The zero-order chi connectivity index (χ0) is 13.4. The number of amides is 2. The van der Waals surface area contributed by atoms with Gasteiger partial charge in [0.25, 0.3) is 0 Å². The smallest absolute Gasteiger partial charge is 0.241 e. The van der Waals surface area contributed by atoms with Gasteiger partial charge in [-0.2, -0.15) is 0 Å². The van der Waals surface area contributed by atoms with Crippen LogP contribution in [-0.4, -0.2) is 61.0 Å². The molecule has 2 amide bonds. The Morgan fingerprint density at radius 1 is 1.26 bits per heavy atom. The first kappa shape index (κ1) is 12.9. The minimum absolute atomic E-state index is 0.00757. The van der Waals surface area contributed by atoms with E-state index in [0.29, 0.717) is 19.1 Å². The quantitative estimate of drug-likeness (QED) is 0.550. The molecular weight excluding hydrogens is 244 g/mol. The Kier molecular flexibility index (Phi) is 3.45. The Hall–Kier alpha value is -1.14. The SMILES string of the molecule is CC1CNC(C(=O)N2CCCC3C(=O)NCC32)CN1. The maximum atomic E-state index is 12.6. The third-order valence-corrected chi connectivity index (χ3v) is 4.52. The van der Waals surface area contributed by atoms with Gasteiger partial charge in [-0.05, 0) is 19.8 Å². The second-order valence-corrected chi connectivity index (χ2v) is 5.86. The Balaban J connectivity index is 1.67. The monoisotopic (exact) mass is 266 g/mol. The fraction of sp³-hybridized carbons (Fsp3) is 0.846. The first-order chi connectivity index (χ1) is 9.16. The number of piperazine rings is 1. The highest BCUT2D eigenvalue weighted by molar-refractivity contribution is 5.86. The Morgan fingerprint density at radius 2 is 2.11 bits per heavy atom. The van der Waals surface area contributed by atoms with Gasteiger partial charge in [0.15, 0.2) is 0 Å². The zero-order valence-electron chi connectivity index (χ0n) is 11.3. The van der Waals surface area contributed by atoms with E-state index < -0.39 is 0 Å². The first-order valence-electron chi connectivity index (χ1n) is 7.22. The van der Waals surface area contributed by atoms with Crippen LogP contribution in [-0.2, 0) is 9.59 Å². The summed E-state index contributed by atoms with van der Waals surface area (Å²) in [6.45, 7) is 4.99. The summed E-state index contributed by atoms with van der Waals surface area (Å²) in [5.74, 6) is 0.268. The summed E-state index contributed by atoms with van der Waals surface area (Å²) in [4.78, 5) is 26.2. The average molecular weight is 266 g/mol. The van der Waals surface area contributed by atoms with Crippen LogP contribution in [0, 0.1) is 5.92 Å². The molecule has 0 bridgehead atoms. The number of carbonyl (C=O) groups is 2. The molecule has 0 aromatic heterocycles. The summed E-state index contributed by atoms with van der Waals surface area (Å²) in [6, 6.07) is 0.327. The number of fused-ring (bicyclic) bond motifs is 1. The van der Waals surface area contributed by atoms with Crippen LogP contribution in [0.15, 0.2) is 0 Å². The third kappa shape index (κ3) is 2.34. The second kappa shape index (κ2) is 5.09. The molecule has 19 heavy (non-hydrogen) atoms. The molecule has 3 rings (SSSR count). The molecule has 0 spiro atoms. The lowest BCUT2D eigenvalue weighted by Crippen LogP contribution is -2.62. The van der Waals surface area contributed by atoms with Crippen LogP contribution in [0.1, 0.15) is 19.8 Å². The number of rotatable bonds is 1. The van der Waals surface area contributed by atoms with Crippen molar-refractivity contribution in [1.82, 2.24) is 20.9 Å². The zero-order valence-corrected chi connectivity index (χ0v) is 11.3. The molecule has 6 nitrogen and oxygen atoms in total. The highest BCUT2D eigenvalue weighted by atomic mass is 16.2. The lowest BCUT2D eigenvalue weighted by atomic mass is 9.91. The van der Waals surface area contributed by atoms with Crippen LogP contribution in [0.5, 0.6) is 0 Å². The van der Waals surface area contributed by atoms with Gasteiger partial charge in [0.1, 0.15) is 0 Å². The molecule has 3 heterocycles. The number of hydrogen-bond donors (Lipinski definition) is 3. The largest absolute Gasteiger partial charge is 0.354 e. The van der Waals surface area contributed by atoms with Crippen LogP contribution >= 0.6 is 0 Å². The van der Waals surface area contributed by atoms with Gasteiger partial charge in [-0.25, -0.2) is 0 Å². The summed E-state index contributed by atoms with van der Waals surface area (Å²) in [6.07, 6.45) is 1.84. The van der Waals surface area contributed by atoms with E-state index in [9.17, 15) is 9.59 Å². The molecule has 4 atom stereocenters. The normalized spacial score (nSPS) is 38.8. The molecule has 3 aliphatic rings. The lowest BCUT2D eigenvalue weighted by Gasteiger charge is -2.39. The van der Waals surface area contributed by atoms with Gasteiger partial charge in [0, 0.05) is 32.2 Å². The van der Waals surface area contributed by atoms with Crippen molar-refractivity contribution in [2.24, 2.45) is 5.92 Å². The minimum atomic E-state index is -0.148. The molecule has 3 aliphatic heterocycles. The number of carbonyl (C=O) groups excluding carboxylic acids is 2. The second-order valence-electron chi connectivity index (χ2n) is 5.86. The van der Waals surface area contributed by atoms with E-state index in [0.717, 1.165) is 25.9 Å². The average Bonchev–Trinajstić information content (AvgIpc) is 2.81. The van der Waals surface area contributed by atoms with Crippen LogP contribution in [0.3, 0.4) is 0 Å². The molecule has 3 fully saturated rings. The van der Waals surface area contributed by atoms with Gasteiger partial charge in [-0.3, -0.25) is 9.59 Å². The van der Waals surface area contributed by atoms with Crippen molar-refractivity contribution in [2.45, 2.75) is 37.9 Å². The summed E-state index contributed by atoms with van der Waals surface area (Å²) in [5, 5.41) is 9.51. The van der Waals surface area contributed by atoms with Gasteiger partial charge >= 0.3 is 0 Å². The summed E-state index contributed by atoms with van der Waals surface area (Å²) >= 11 is 0. The van der Waals surface area contributed by atoms with E-state index >= 15 is 0 Å². The molecule has 6 heteroatoms. The van der Waals surface area contributed by atoms with E-state index in [-0.39, 0.29) is 29.8 Å². The Bertz CT molecular complexity index is 379. The van der Waals surface area contributed by atoms with E-state index in [4.69, 9.17) is 0 Å². The fourth-order valence-corrected chi connectivity index (χ4v) is 3.38. The fourth-order valence-electron chi connectivity index (χ4n) is 3.38. The number of piperidine rings is 1. The van der Waals surface area contributed by atoms with Gasteiger partial charge in [0.05, 0.1) is 18.0 Å². The highest BCUT2D eigenvalue weighted by Gasteiger charge is 2.44. The highest BCUT2D eigenvalue weighted by Crippen LogP contribution is 2.27. The van der Waals surface area contributed by atoms with E-state index in [1.807, 2.05) is 4.90 Å². The molecule has 0 radical (unpaired) electrons. The summed E-state index contributed by atoms with van der Waals surface area (Å²) in [7, 11) is 0. The molecule has 3 saturated heterocycles. The summed E-state index contributed by atoms with van der Waals surface area (Å²) < 4.78 is 0. The minimum Gasteiger partial charge on any atom is -0.354 e. The van der Waals surface area contributed by atoms with Crippen molar-refractivity contribution in [3.05, 3.63) is 0 Å². The van der Waals surface area contributed by atoms with Crippen molar-refractivity contribution < 1.29 is 9.59 Å². The maximum absolute atomic E-state index is 12.6. The molecule has 0 aromatic rings. The molecule has 4 unspecified atom stereocenters. The maximum Gasteiger partial charge on any atom is 0.241 e. The standard InChI is InChI=1S/C13H22N4O2/c1-8-5-15-10(6-14-8)13(19)17-4-2-3-9-11(17)7-16-12(9)18/h8-11,14-15H,2-7H2,1H3,(H,16,18). The van der Waals surface area contributed by atoms with Crippen molar-refractivity contribution in [1.29, 1.82) is 0 Å². The van der Waals surface area contributed by atoms with Gasteiger partial charge < -0.3 is 20.9 Å². The Labute approximate surface area is 113 Å². The third-order valence-electron chi connectivity index (χ3n) is 4.52. The first-order valence-corrected chi connectivity index (χ1v) is 7.22. The number of nitrogens with one attached hydrogen (secondary N) is 3. The predicted molar refractivity (Wildman–Crippen MR) is 70.5 cm³/mol. The molecule has 0 aromatic carbocycles. The number of likely N-dealkylation sites (tertiary alicyclic amines) is 1. The van der Waals surface area contributed by atoms with Crippen LogP contribution in [0.4, 0.5) is 0 Å². The molecule has 0 saturated carbocycles. The van der Waals surface area contributed by atoms with E-state index in [1.165, 1.54) is 0 Å². The van der Waals surface area contributed by atoms with E-state index in [2.05, 4.69) is 22.9 Å². The molecule has 0 aliphatic carbocycles. The molecule has 3 N–H and O–H groups in total. The molecular formula is C13H22N4O2. The lowest BCUT2D eigenvalue weighted by molar-refractivity contribution is -0.139. The van der Waals surface area contributed by atoms with E-state index in [1.54, 1.807) is 0 Å². The van der Waals surface area contributed by atoms with Crippen LogP contribution in [0.25, 0.3) is 0 Å². The number of hydrogen-bond acceptors (Lipinski definition) is 4. The topological polar surface area (TPSA) is 73.5 Å². The van der Waals surface area contributed by atoms with Crippen molar-refractivity contribution in [3.8, 4) is 0 Å². The Morgan fingerprint density at radius 3 is 2.84 bits per heavy atom. The van der Waals surface area contributed by atoms with Crippen LogP contribution in [0.2, 0.25) is 0 Å². The summed E-state index contributed by atoms with van der Waals surface area (Å²) in [5.41, 5.74) is 0. The van der Waals surface area contributed by atoms with Crippen molar-refractivity contribution in [2.75, 3.05) is 26.2 Å². The predicted octanol–water partition coefficient (Wildman–Crippen LogP) is -1.33. The van der Waals surface area contributed by atoms with Crippen LogP contribution < -0.4 is 16.0 Å². The number of nitrogens with zero attached hydrogens (tertiary/aromatic N) is 1. The molecule has 106 valence electrons. The van der Waals surface area contributed by atoms with Crippen molar-refractivity contribution >= 4 is 11.8 Å². The van der Waals surface area contributed by atoms with Gasteiger partial charge in [-0.15, -0.1) is 0 Å².